The van der Waals surface area contributed by atoms with Crippen molar-refractivity contribution in [2.75, 3.05) is 13.1 Å². The van der Waals surface area contributed by atoms with Crippen LogP contribution >= 0.6 is 0 Å². The van der Waals surface area contributed by atoms with Gasteiger partial charge in [-0.25, -0.2) is 13.6 Å². The summed E-state index contributed by atoms with van der Waals surface area (Å²) in [5, 5.41) is 11.3. The lowest BCUT2D eigenvalue weighted by molar-refractivity contribution is -0.131. The maximum Gasteiger partial charge on any atom is 0.318 e. The van der Waals surface area contributed by atoms with Crippen molar-refractivity contribution in [3.63, 3.8) is 0 Å². The van der Waals surface area contributed by atoms with Crippen molar-refractivity contribution >= 4 is 11.9 Å². The van der Waals surface area contributed by atoms with E-state index in [9.17, 15) is 18.4 Å². The molecule has 0 spiro atoms. The topological polar surface area (TPSA) is 76.4 Å². The highest BCUT2D eigenvalue weighted by Gasteiger charge is 2.47. The molecule has 1 fully saturated rings. The van der Waals surface area contributed by atoms with Gasteiger partial charge in [-0.2, -0.15) is 5.26 Å². The summed E-state index contributed by atoms with van der Waals surface area (Å²) in [7, 11) is 0. The maximum atomic E-state index is 13.3. The van der Waals surface area contributed by atoms with Crippen molar-refractivity contribution in [3.05, 3.63) is 35.4 Å². The molecule has 0 aromatic heterocycles. The third-order valence-corrected chi connectivity index (χ3v) is 4.26. The van der Waals surface area contributed by atoms with Gasteiger partial charge in [0.2, 0.25) is 5.91 Å². The van der Waals surface area contributed by atoms with Crippen LogP contribution in [0.4, 0.5) is 13.6 Å². The average Bonchev–Trinajstić information content (AvgIpc) is 3.12. The molecule has 1 aromatic rings. The number of benzene rings is 1. The molecule has 0 saturated carbocycles. The van der Waals surface area contributed by atoms with Crippen LogP contribution in [-0.2, 0) is 17.9 Å². The van der Waals surface area contributed by atoms with E-state index < -0.39 is 43.4 Å². The Morgan fingerprint density at radius 2 is 1.92 bits per heavy atom. The molecule has 0 aliphatic carbocycles. The molecule has 3 amide bonds. The van der Waals surface area contributed by atoms with Crippen LogP contribution < -0.4 is 5.32 Å². The molecule has 2 heterocycles. The number of amides is 3. The summed E-state index contributed by atoms with van der Waals surface area (Å²) in [5.74, 6) is -3.74. The molecule has 0 unspecified atom stereocenters. The van der Waals surface area contributed by atoms with Crippen LogP contribution in [0.2, 0.25) is 0 Å². The first-order chi connectivity index (χ1) is 11.4. The first-order valence-corrected chi connectivity index (χ1v) is 7.56. The third kappa shape index (κ3) is 3.15. The van der Waals surface area contributed by atoms with Gasteiger partial charge in [0.15, 0.2) is 0 Å². The lowest BCUT2D eigenvalue weighted by Gasteiger charge is -2.21. The summed E-state index contributed by atoms with van der Waals surface area (Å²) in [6.07, 6.45) is -0.662. The Morgan fingerprint density at radius 1 is 1.29 bits per heavy atom. The molecule has 24 heavy (non-hydrogen) atoms. The summed E-state index contributed by atoms with van der Waals surface area (Å²) in [6.45, 7) is -0.299. The highest BCUT2D eigenvalue weighted by molar-refractivity contribution is 5.85. The van der Waals surface area contributed by atoms with Crippen LogP contribution in [0.5, 0.6) is 0 Å². The van der Waals surface area contributed by atoms with Crippen LogP contribution in [0.3, 0.4) is 0 Å². The zero-order valence-corrected chi connectivity index (χ0v) is 12.8. The van der Waals surface area contributed by atoms with E-state index >= 15 is 0 Å². The number of hydrogen-bond acceptors (Lipinski definition) is 3. The molecular formula is C16H16F2N4O2. The number of urea groups is 1. The standard InChI is InChI=1S/C16H16F2N4O2/c17-16(18)5-13(6-19)22(10-16)14(23)7-20-15(24)21-8-11-3-1-2-4-12(11)9-21/h1-4,13H,5,7-10H2,(H,20,24)/t13-/m0/s1. The molecule has 0 bridgehead atoms. The van der Waals surface area contributed by atoms with Gasteiger partial charge < -0.3 is 15.1 Å². The highest BCUT2D eigenvalue weighted by Crippen LogP contribution is 2.31. The fourth-order valence-corrected chi connectivity index (χ4v) is 3.04. The van der Waals surface area contributed by atoms with E-state index in [4.69, 9.17) is 5.26 Å². The summed E-state index contributed by atoms with van der Waals surface area (Å²) < 4.78 is 26.7. The smallest absolute Gasteiger partial charge is 0.318 e. The van der Waals surface area contributed by atoms with Crippen LogP contribution in [0.1, 0.15) is 17.5 Å². The molecule has 3 rings (SSSR count). The number of carbonyl (C=O) groups excluding carboxylic acids is 2. The second-order valence-electron chi connectivity index (χ2n) is 6.01. The Labute approximate surface area is 137 Å². The zero-order valence-electron chi connectivity index (χ0n) is 12.8. The van der Waals surface area contributed by atoms with Crippen molar-refractivity contribution in [2.45, 2.75) is 31.5 Å². The fourth-order valence-electron chi connectivity index (χ4n) is 3.04. The van der Waals surface area contributed by atoms with E-state index in [1.165, 1.54) is 4.90 Å². The molecule has 1 saturated heterocycles. The molecule has 0 radical (unpaired) electrons. The second-order valence-corrected chi connectivity index (χ2v) is 6.01. The van der Waals surface area contributed by atoms with Crippen molar-refractivity contribution in [1.29, 1.82) is 5.26 Å². The average molecular weight is 334 g/mol. The first-order valence-electron chi connectivity index (χ1n) is 7.56. The van der Waals surface area contributed by atoms with Crippen molar-refractivity contribution in [1.82, 2.24) is 15.1 Å². The van der Waals surface area contributed by atoms with Gasteiger partial charge >= 0.3 is 6.03 Å². The number of alkyl halides is 2. The maximum absolute atomic E-state index is 13.3. The normalized spacial score (nSPS) is 21.3. The number of hydrogen-bond donors (Lipinski definition) is 1. The molecule has 2 aliphatic heterocycles. The van der Waals surface area contributed by atoms with Gasteiger partial charge in [-0.1, -0.05) is 24.3 Å². The van der Waals surface area contributed by atoms with Gasteiger partial charge in [0, 0.05) is 19.5 Å². The van der Waals surface area contributed by atoms with Crippen molar-refractivity contribution in [3.8, 4) is 6.07 Å². The minimum atomic E-state index is -3.06. The Balaban J connectivity index is 1.54. The number of carbonyl (C=O) groups is 2. The second kappa shape index (κ2) is 6.07. The number of nitriles is 1. The van der Waals surface area contributed by atoms with Gasteiger partial charge in [-0.05, 0) is 11.1 Å². The fraction of sp³-hybridized carbons (Fsp3) is 0.438. The number of nitrogens with zero attached hydrogens (tertiary/aromatic N) is 3. The third-order valence-electron chi connectivity index (χ3n) is 4.26. The van der Waals surface area contributed by atoms with Gasteiger partial charge in [-0.3, -0.25) is 4.79 Å². The van der Waals surface area contributed by atoms with Crippen LogP contribution in [-0.4, -0.2) is 46.8 Å². The summed E-state index contributed by atoms with van der Waals surface area (Å²) in [5.41, 5.74) is 2.09. The van der Waals surface area contributed by atoms with Gasteiger partial charge in [0.1, 0.15) is 6.04 Å². The van der Waals surface area contributed by atoms with E-state index in [-0.39, 0.29) is 0 Å². The predicted octanol–water partition coefficient (Wildman–Crippen LogP) is 1.47. The van der Waals surface area contributed by atoms with E-state index in [1.807, 2.05) is 24.3 Å². The first kappa shape index (κ1) is 16.2. The SMILES string of the molecule is N#C[C@@H]1CC(F)(F)CN1C(=O)CNC(=O)N1Cc2ccccc2C1. The van der Waals surface area contributed by atoms with E-state index in [0.717, 1.165) is 16.0 Å². The molecule has 6 nitrogen and oxygen atoms in total. The molecule has 1 atom stereocenters. The van der Waals surface area contributed by atoms with Gasteiger partial charge in [0.25, 0.3) is 5.92 Å². The summed E-state index contributed by atoms with van der Waals surface area (Å²) in [4.78, 5) is 26.6. The van der Waals surface area contributed by atoms with Gasteiger partial charge in [-0.15, -0.1) is 0 Å². The number of likely N-dealkylation sites (tertiary alicyclic amines) is 1. The minimum absolute atomic E-state index is 0.403. The number of rotatable bonds is 2. The Kier molecular flexibility index (Phi) is 4.09. The summed E-state index contributed by atoms with van der Waals surface area (Å²) >= 11 is 0. The Bertz CT molecular complexity index is 691. The van der Waals surface area contributed by atoms with Crippen LogP contribution in [0, 0.1) is 11.3 Å². The van der Waals surface area contributed by atoms with E-state index in [1.54, 1.807) is 6.07 Å². The van der Waals surface area contributed by atoms with Crippen LogP contribution in [0.15, 0.2) is 24.3 Å². The number of halogens is 2. The molecular weight excluding hydrogens is 318 g/mol. The lowest BCUT2D eigenvalue weighted by Crippen LogP contribution is -2.45. The quantitative estimate of drug-likeness (QED) is 0.890. The molecule has 1 aromatic carbocycles. The Hall–Kier alpha value is -2.69. The lowest BCUT2D eigenvalue weighted by atomic mass is 10.1. The molecule has 126 valence electrons. The van der Waals surface area contributed by atoms with E-state index in [2.05, 4.69) is 5.32 Å². The number of nitrogens with one attached hydrogen (secondary N) is 1. The minimum Gasteiger partial charge on any atom is -0.329 e. The summed E-state index contributed by atoms with van der Waals surface area (Å²) in [6, 6.07) is 7.76. The van der Waals surface area contributed by atoms with Gasteiger partial charge in [0.05, 0.1) is 19.2 Å². The van der Waals surface area contributed by atoms with E-state index in [0.29, 0.717) is 13.1 Å². The monoisotopic (exact) mass is 334 g/mol. The van der Waals surface area contributed by atoms with Crippen molar-refractivity contribution < 1.29 is 18.4 Å². The molecule has 1 N–H and O–H groups in total. The predicted molar refractivity (Wildman–Crippen MR) is 79.8 cm³/mol. The molecule has 8 heteroatoms. The molecule has 2 aliphatic rings. The Morgan fingerprint density at radius 3 is 2.50 bits per heavy atom. The largest absolute Gasteiger partial charge is 0.329 e. The van der Waals surface area contributed by atoms with Crippen LogP contribution in [0.25, 0.3) is 0 Å². The highest BCUT2D eigenvalue weighted by atomic mass is 19.3. The van der Waals surface area contributed by atoms with Crippen molar-refractivity contribution in [2.24, 2.45) is 0 Å². The zero-order chi connectivity index (χ0) is 17.3. The number of fused-ring (bicyclic) bond motifs is 1.